The van der Waals surface area contributed by atoms with Crippen LogP contribution in [0.4, 0.5) is 5.69 Å². The van der Waals surface area contributed by atoms with E-state index in [0.717, 1.165) is 5.56 Å². The Kier molecular flexibility index (Phi) is 4.70. The molecule has 0 aliphatic heterocycles. The molecular weight excluding hydrogens is 268 g/mol. The predicted octanol–water partition coefficient (Wildman–Crippen LogP) is 2.23. The van der Waals surface area contributed by atoms with Crippen LogP contribution in [0.5, 0.6) is 0 Å². The van der Waals surface area contributed by atoms with Crippen molar-refractivity contribution < 1.29 is 8.42 Å². The van der Waals surface area contributed by atoms with Crippen LogP contribution >= 0.6 is 12.2 Å². The summed E-state index contributed by atoms with van der Waals surface area (Å²) in [6.07, 6.45) is 0. The molecule has 1 aromatic rings. The highest BCUT2D eigenvalue weighted by atomic mass is 32.2. The number of nitrogens with one attached hydrogen (secondary N) is 1. The first-order chi connectivity index (χ1) is 8.24. The van der Waals surface area contributed by atoms with Gasteiger partial charge in [-0.1, -0.05) is 38.2 Å². The van der Waals surface area contributed by atoms with E-state index in [9.17, 15) is 8.42 Å². The Hall–Kier alpha value is -1.14. The van der Waals surface area contributed by atoms with E-state index in [2.05, 4.69) is 4.72 Å². The number of anilines is 1. The molecule has 0 amide bonds. The first-order valence-electron chi connectivity index (χ1n) is 5.65. The standard InChI is InChI=1S/C12H18N2O2S2/c1-8(2)10-5-4-6-11(7-10)14-18(15,16)9(3)12(13)17/h4-9,14H,1-3H3,(H2,13,17). The fourth-order valence-electron chi connectivity index (χ4n) is 1.37. The highest BCUT2D eigenvalue weighted by molar-refractivity contribution is 7.95. The van der Waals surface area contributed by atoms with Crippen molar-refractivity contribution in [1.82, 2.24) is 0 Å². The lowest BCUT2D eigenvalue weighted by Crippen LogP contribution is -2.35. The second-order valence-corrected chi connectivity index (χ2v) is 6.94. The monoisotopic (exact) mass is 286 g/mol. The lowest BCUT2D eigenvalue weighted by molar-refractivity contribution is 0.598. The second-order valence-electron chi connectivity index (χ2n) is 4.47. The molecule has 1 atom stereocenters. The molecule has 0 saturated heterocycles. The van der Waals surface area contributed by atoms with Crippen LogP contribution in [0.2, 0.25) is 0 Å². The molecule has 6 heteroatoms. The number of thiocarbonyl (C=S) groups is 1. The Labute approximate surface area is 114 Å². The molecule has 0 aliphatic carbocycles. The third-order valence-electron chi connectivity index (χ3n) is 2.68. The zero-order chi connectivity index (χ0) is 13.9. The van der Waals surface area contributed by atoms with Crippen molar-refractivity contribution in [3.63, 3.8) is 0 Å². The highest BCUT2D eigenvalue weighted by Crippen LogP contribution is 2.20. The van der Waals surface area contributed by atoms with Crippen LogP contribution < -0.4 is 10.5 Å². The topological polar surface area (TPSA) is 72.2 Å². The van der Waals surface area contributed by atoms with Gasteiger partial charge in [0.2, 0.25) is 10.0 Å². The Morgan fingerprint density at radius 3 is 2.44 bits per heavy atom. The number of nitrogens with two attached hydrogens (primary N) is 1. The minimum Gasteiger partial charge on any atom is -0.392 e. The smallest absolute Gasteiger partial charge is 0.241 e. The highest BCUT2D eigenvalue weighted by Gasteiger charge is 2.23. The third-order valence-corrected chi connectivity index (χ3v) is 4.89. The van der Waals surface area contributed by atoms with Crippen LogP contribution in [0, 0.1) is 0 Å². The van der Waals surface area contributed by atoms with Crippen molar-refractivity contribution in [2.24, 2.45) is 5.73 Å². The molecule has 0 saturated carbocycles. The molecule has 0 aromatic heterocycles. The first kappa shape index (κ1) is 14.9. The van der Waals surface area contributed by atoms with Crippen LogP contribution in [-0.2, 0) is 10.0 Å². The van der Waals surface area contributed by atoms with Crippen LogP contribution in [0.3, 0.4) is 0 Å². The molecule has 0 aliphatic rings. The lowest BCUT2D eigenvalue weighted by Gasteiger charge is -2.14. The van der Waals surface area contributed by atoms with Gasteiger partial charge >= 0.3 is 0 Å². The summed E-state index contributed by atoms with van der Waals surface area (Å²) in [5.41, 5.74) is 6.97. The van der Waals surface area contributed by atoms with Crippen LogP contribution in [0.25, 0.3) is 0 Å². The normalized spacial score (nSPS) is 13.3. The van der Waals surface area contributed by atoms with Gasteiger partial charge in [0.25, 0.3) is 0 Å². The Balaban J connectivity index is 2.98. The van der Waals surface area contributed by atoms with E-state index in [4.69, 9.17) is 18.0 Å². The average molecular weight is 286 g/mol. The van der Waals surface area contributed by atoms with Gasteiger partial charge in [-0.2, -0.15) is 0 Å². The maximum absolute atomic E-state index is 11.9. The van der Waals surface area contributed by atoms with E-state index >= 15 is 0 Å². The fourth-order valence-corrected chi connectivity index (χ4v) is 2.68. The minimum absolute atomic E-state index is 0.0393. The van der Waals surface area contributed by atoms with Crippen molar-refractivity contribution in [2.75, 3.05) is 4.72 Å². The molecule has 3 N–H and O–H groups in total. The van der Waals surface area contributed by atoms with E-state index in [-0.39, 0.29) is 4.99 Å². The zero-order valence-corrected chi connectivity index (χ0v) is 12.3. The van der Waals surface area contributed by atoms with Crippen molar-refractivity contribution in [1.29, 1.82) is 0 Å². The van der Waals surface area contributed by atoms with Gasteiger partial charge in [0.15, 0.2) is 0 Å². The van der Waals surface area contributed by atoms with Gasteiger partial charge in [-0.25, -0.2) is 8.42 Å². The van der Waals surface area contributed by atoms with Crippen LogP contribution in [-0.4, -0.2) is 18.7 Å². The molecule has 1 aromatic carbocycles. The lowest BCUT2D eigenvalue weighted by atomic mass is 10.0. The van der Waals surface area contributed by atoms with E-state index < -0.39 is 15.3 Å². The Bertz CT molecular complexity index is 539. The van der Waals surface area contributed by atoms with Crippen molar-refractivity contribution in [3.8, 4) is 0 Å². The summed E-state index contributed by atoms with van der Waals surface area (Å²) in [5.74, 6) is 0.336. The summed E-state index contributed by atoms with van der Waals surface area (Å²) in [6.45, 7) is 5.56. The maximum Gasteiger partial charge on any atom is 0.241 e. The maximum atomic E-state index is 11.9. The Morgan fingerprint density at radius 1 is 1.33 bits per heavy atom. The summed E-state index contributed by atoms with van der Waals surface area (Å²) in [4.78, 5) is -0.0393. The molecule has 0 fully saturated rings. The zero-order valence-electron chi connectivity index (χ0n) is 10.7. The van der Waals surface area contributed by atoms with Crippen molar-refractivity contribution in [2.45, 2.75) is 31.9 Å². The summed E-state index contributed by atoms with van der Waals surface area (Å²) in [6, 6.07) is 7.29. The van der Waals surface area contributed by atoms with Gasteiger partial charge in [0.1, 0.15) is 5.25 Å². The predicted molar refractivity (Wildman–Crippen MR) is 79.3 cm³/mol. The number of rotatable bonds is 5. The minimum atomic E-state index is -3.57. The summed E-state index contributed by atoms with van der Waals surface area (Å²) >= 11 is 4.71. The molecule has 18 heavy (non-hydrogen) atoms. The summed E-state index contributed by atoms with van der Waals surface area (Å²) in [7, 11) is -3.57. The Morgan fingerprint density at radius 2 is 1.94 bits per heavy atom. The number of benzene rings is 1. The largest absolute Gasteiger partial charge is 0.392 e. The molecular formula is C12H18N2O2S2. The quantitative estimate of drug-likeness (QED) is 0.814. The van der Waals surface area contributed by atoms with Gasteiger partial charge < -0.3 is 5.73 Å². The van der Waals surface area contributed by atoms with E-state index in [1.54, 1.807) is 6.07 Å². The fraction of sp³-hybridized carbons (Fsp3) is 0.417. The summed E-state index contributed by atoms with van der Waals surface area (Å²) in [5, 5.41) is -0.893. The van der Waals surface area contributed by atoms with Gasteiger partial charge in [0, 0.05) is 5.69 Å². The van der Waals surface area contributed by atoms with Crippen molar-refractivity contribution in [3.05, 3.63) is 29.8 Å². The van der Waals surface area contributed by atoms with Gasteiger partial charge in [-0.05, 0) is 30.5 Å². The molecule has 4 nitrogen and oxygen atoms in total. The second kappa shape index (κ2) is 5.67. The first-order valence-corrected chi connectivity index (χ1v) is 7.60. The van der Waals surface area contributed by atoms with Crippen LogP contribution in [0.1, 0.15) is 32.3 Å². The number of hydrogen-bond donors (Lipinski definition) is 2. The van der Waals surface area contributed by atoms with E-state index in [1.165, 1.54) is 6.92 Å². The SMILES string of the molecule is CC(C)c1cccc(NS(=O)(=O)C(C)C(N)=S)c1. The van der Waals surface area contributed by atoms with Gasteiger partial charge in [-0.15, -0.1) is 0 Å². The molecule has 0 heterocycles. The van der Waals surface area contributed by atoms with Crippen molar-refractivity contribution >= 4 is 32.9 Å². The third kappa shape index (κ3) is 3.68. The molecule has 1 rings (SSSR count). The van der Waals surface area contributed by atoms with Gasteiger partial charge in [0.05, 0.1) is 4.99 Å². The number of sulfonamides is 1. The number of hydrogen-bond acceptors (Lipinski definition) is 3. The molecule has 0 spiro atoms. The van der Waals surface area contributed by atoms with E-state index in [1.807, 2.05) is 32.0 Å². The van der Waals surface area contributed by atoms with Gasteiger partial charge in [-0.3, -0.25) is 4.72 Å². The molecule has 0 radical (unpaired) electrons. The molecule has 100 valence electrons. The summed E-state index contributed by atoms with van der Waals surface area (Å²) < 4.78 is 26.4. The average Bonchev–Trinajstić information content (AvgIpc) is 2.27. The molecule has 1 unspecified atom stereocenters. The van der Waals surface area contributed by atoms with E-state index in [0.29, 0.717) is 11.6 Å². The molecule has 0 bridgehead atoms. The van der Waals surface area contributed by atoms with Crippen LogP contribution in [0.15, 0.2) is 24.3 Å².